The van der Waals surface area contributed by atoms with Crippen LogP contribution in [0.25, 0.3) is 0 Å². The number of nitrogens with two attached hydrogens (primary N) is 1. The molecule has 1 saturated heterocycles. The van der Waals surface area contributed by atoms with Crippen LogP contribution in [-0.4, -0.2) is 38.9 Å². The molecule has 6 heteroatoms. The summed E-state index contributed by atoms with van der Waals surface area (Å²) in [6.45, 7) is 3.22. The first-order chi connectivity index (χ1) is 6.45. The maximum atomic E-state index is 11.0. The van der Waals surface area contributed by atoms with Crippen molar-refractivity contribution in [3.05, 3.63) is 0 Å². The molecule has 0 aliphatic carbocycles. The lowest BCUT2D eigenvalue weighted by Crippen LogP contribution is -2.45. The predicted octanol–water partition coefficient (Wildman–Crippen LogP) is -0.490. The van der Waals surface area contributed by atoms with E-state index in [9.17, 15) is 8.42 Å². The third-order valence-electron chi connectivity index (χ3n) is 3.02. The maximum absolute atomic E-state index is 11.0. The van der Waals surface area contributed by atoms with E-state index in [2.05, 4.69) is 12.2 Å². The van der Waals surface area contributed by atoms with Gasteiger partial charge in [0.05, 0.1) is 0 Å². The van der Waals surface area contributed by atoms with E-state index in [0.717, 1.165) is 12.8 Å². The smallest absolute Gasteiger partial charge is 0.276 e. The molecule has 0 saturated carbocycles. The first kappa shape index (κ1) is 11.9. The summed E-state index contributed by atoms with van der Waals surface area (Å²) in [6.07, 6.45) is 1.77. The standard InChI is InChI=1S/C8H19N3O2S/c1-7(10-2)8-3-5-11(6-4-8)14(9,12)13/h7-8,10H,3-6H2,1-2H3,(H2,9,12,13). The number of rotatable bonds is 3. The maximum Gasteiger partial charge on any atom is 0.276 e. The molecule has 1 aliphatic rings. The molecule has 14 heavy (non-hydrogen) atoms. The Morgan fingerprint density at radius 1 is 1.43 bits per heavy atom. The third-order valence-corrected chi connectivity index (χ3v) is 4.11. The second-order valence-corrected chi connectivity index (χ2v) is 5.41. The van der Waals surface area contributed by atoms with Gasteiger partial charge in [-0.1, -0.05) is 0 Å². The van der Waals surface area contributed by atoms with Gasteiger partial charge in [0.1, 0.15) is 0 Å². The fraction of sp³-hybridized carbons (Fsp3) is 1.00. The van der Waals surface area contributed by atoms with Gasteiger partial charge in [0.15, 0.2) is 0 Å². The highest BCUT2D eigenvalue weighted by atomic mass is 32.2. The lowest BCUT2D eigenvalue weighted by atomic mass is 9.91. The summed E-state index contributed by atoms with van der Waals surface area (Å²) in [5.74, 6) is 0.554. The number of piperidine rings is 1. The van der Waals surface area contributed by atoms with Crippen molar-refractivity contribution in [1.29, 1.82) is 0 Å². The second kappa shape index (κ2) is 4.57. The van der Waals surface area contributed by atoms with Crippen LogP contribution < -0.4 is 10.5 Å². The van der Waals surface area contributed by atoms with E-state index in [4.69, 9.17) is 5.14 Å². The predicted molar refractivity (Wildman–Crippen MR) is 55.9 cm³/mol. The number of hydrogen-bond acceptors (Lipinski definition) is 3. The Balaban J connectivity index is 2.47. The molecule has 0 aromatic heterocycles. The van der Waals surface area contributed by atoms with Crippen LogP contribution in [0.2, 0.25) is 0 Å². The van der Waals surface area contributed by atoms with Crippen molar-refractivity contribution in [2.24, 2.45) is 11.1 Å². The highest BCUT2D eigenvalue weighted by Crippen LogP contribution is 2.21. The molecule has 84 valence electrons. The van der Waals surface area contributed by atoms with E-state index < -0.39 is 10.2 Å². The van der Waals surface area contributed by atoms with E-state index >= 15 is 0 Å². The topological polar surface area (TPSA) is 75.4 Å². The van der Waals surface area contributed by atoms with Gasteiger partial charge < -0.3 is 5.32 Å². The molecule has 1 heterocycles. The molecular formula is C8H19N3O2S. The van der Waals surface area contributed by atoms with Gasteiger partial charge in [-0.25, -0.2) is 5.14 Å². The van der Waals surface area contributed by atoms with Gasteiger partial charge in [0.25, 0.3) is 10.2 Å². The molecule has 1 atom stereocenters. The minimum absolute atomic E-state index is 0.442. The minimum atomic E-state index is -3.47. The third kappa shape index (κ3) is 2.91. The zero-order valence-electron chi connectivity index (χ0n) is 8.73. The molecule has 5 nitrogen and oxygen atoms in total. The summed E-state index contributed by atoms with van der Waals surface area (Å²) < 4.78 is 23.4. The van der Waals surface area contributed by atoms with E-state index in [0.29, 0.717) is 25.0 Å². The summed E-state index contributed by atoms with van der Waals surface area (Å²) in [7, 11) is -1.54. The van der Waals surface area contributed by atoms with Crippen molar-refractivity contribution < 1.29 is 8.42 Å². The van der Waals surface area contributed by atoms with E-state index in [1.54, 1.807) is 0 Å². The van der Waals surface area contributed by atoms with Crippen molar-refractivity contribution in [3.63, 3.8) is 0 Å². The SMILES string of the molecule is CNC(C)C1CCN(S(N)(=O)=O)CC1. The molecule has 0 spiro atoms. The van der Waals surface area contributed by atoms with Crippen molar-refractivity contribution in [2.45, 2.75) is 25.8 Å². The lowest BCUT2D eigenvalue weighted by molar-refractivity contribution is 0.236. The molecule has 0 bridgehead atoms. The number of nitrogens with zero attached hydrogens (tertiary/aromatic N) is 1. The molecule has 0 aromatic rings. The van der Waals surface area contributed by atoms with Crippen LogP contribution in [0, 0.1) is 5.92 Å². The number of hydrogen-bond donors (Lipinski definition) is 2. The molecule has 1 aliphatic heterocycles. The second-order valence-electron chi connectivity index (χ2n) is 3.86. The van der Waals surface area contributed by atoms with Crippen molar-refractivity contribution in [3.8, 4) is 0 Å². The Bertz CT molecular complexity index is 270. The zero-order chi connectivity index (χ0) is 10.8. The Hall–Kier alpha value is -0.170. The highest BCUT2D eigenvalue weighted by molar-refractivity contribution is 7.86. The van der Waals surface area contributed by atoms with Gasteiger partial charge >= 0.3 is 0 Å². The van der Waals surface area contributed by atoms with Crippen LogP contribution >= 0.6 is 0 Å². The van der Waals surface area contributed by atoms with Gasteiger partial charge in [0.2, 0.25) is 0 Å². The van der Waals surface area contributed by atoms with Crippen molar-refractivity contribution >= 4 is 10.2 Å². The van der Waals surface area contributed by atoms with Crippen LogP contribution in [0.1, 0.15) is 19.8 Å². The Labute approximate surface area is 85.8 Å². The Morgan fingerprint density at radius 3 is 2.29 bits per heavy atom. The first-order valence-corrected chi connectivity index (χ1v) is 6.40. The molecule has 1 rings (SSSR count). The van der Waals surface area contributed by atoms with Crippen LogP contribution in [0.4, 0.5) is 0 Å². The van der Waals surface area contributed by atoms with Crippen LogP contribution in [0.5, 0.6) is 0 Å². The quantitative estimate of drug-likeness (QED) is 0.675. The summed E-state index contributed by atoms with van der Waals surface area (Å²) in [6, 6.07) is 0.442. The molecule has 0 amide bonds. The molecule has 1 unspecified atom stereocenters. The lowest BCUT2D eigenvalue weighted by Gasteiger charge is -2.32. The number of nitrogens with one attached hydrogen (secondary N) is 1. The summed E-state index contributed by atoms with van der Waals surface area (Å²) >= 11 is 0. The average molecular weight is 221 g/mol. The molecule has 0 aromatic carbocycles. The van der Waals surface area contributed by atoms with Crippen LogP contribution in [0.15, 0.2) is 0 Å². The Morgan fingerprint density at radius 2 is 1.93 bits per heavy atom. The summed E-state index contributed by atoms with van der Waals surface area (Å²) in [5.41, 5.74) is 0. The largest absolute Gasteiger partial charge is 0.317 e. The fourth-order valence-electron chi connectivity index (χ4n) is 1.87. The average Bonchev–Trinajstić information content (AvgIpc) is 2.15. The van der Waals surface area contributed by atoms with Gasteiger partial charge in [-0.15, -0.1) is 0 Å². The monoisotopic (exact) mass is 221 g/mol. The normalized spacial score (nSPS) is 23.6. The van der Waals surface area contributed by atoms with Crippen LogP contribution in [-0.2, 0) is 10.2 Å². The van der Waals surface area contributed by atoms with Crippen molar-refractivity contribution in [1.82, 2.24) is 9.62 Å². The van der Waals surface area contributed by atoms with Gasteiger partial charge in [-0.3, -0.25) is 0 Å². The molecular weight excluding hydrogens is 202 g/mol. The van der Waals surface area contributed by atoms with Crippen molar-refractivity contribution in [2.75, 3.05) is 20.1 Å². The van der Waals surface area contributed by atoms with Gasteiger partial charge in [0, 0.05) is 19.1 Å². The highest BCUT2D eigenvalue weighted by Gasteiger charge is 2.27. The molecule has 0 radical (unpaired) electrons. The van der Waals surface area contributed by atoms with E-state index in [-0.39, 0.29) is 0 Å². The van der Waals surface area contributed by atoms with Gasteiger partial charge in [-0.05, 0) is 32.7 Å². The first-order valence-electron chi connectivity index (χ1n) is 4.90. The van der Waals surface area contributed by atoms with Crippen LogP contribution in [0.3, 0.4) is 0 Å². The van der Waals surface area contributed by atoms with E-state index in [1.807, 2.05) is 7.05 Å². The molecule has 3 N–H and O–H groups in total. The Kier molecular flexibility index (Phi) is 3.88. The summed E-state index contributed by atoms with van der Waals surface area (Å²) in [4.78, 5) is 0. The van der Waals surface area contributed by atoms with Gasteiger partial charge in [-0.2, -0.15) is 12.7 Å². The van der Waals surface area contributed by atoms with E-state index in [1.165, 1.54) is 4.31 Å². The summed E-state index contributed by atoms with van der Waals surface area (Å²) in [5, 5.41) is 8.24. The fourth-order valence-corrected chi connectivity index (χ4v) is 2.59. The minimum Gasteiger partial charge on any atom is -0.317 e. The molecule has 1 fully saturated rings. The zero-order valence-corrected chi connectivity index (χ0v) is 9.55.